The van der Waals surface area contributed by atoms with Gasteiger partial charge < -0.3 is 15.0 Å². The monoisotopic (exact) mass is 293 g/mol. The Balaban J connectivity index is 1.89. The molecule has 116 valence electrons. The summed E-state index contributed by atoms with van der Waals surface area (Å²) in [7, 11) is 1.51. The van der Waals surface area contributed by atoms with Crippen molar-refractivity contribution in [2.45, 2.75) is 25.7 Å². The Morgan fingerprint density at radius 3 is 2.57 bits per heavy atom. The van der Waals surface area contributed by atoms with E-state index in [4.69, 9.17) is 4.74 Å². The van der Waals surface area contributed by atoms with Crippen molar-refractivity contribution in [3.8, 4) is 5.75 Å². The first kappa shape index (κ1) is 15.6. The number of nitro benzene ring substituents is 1. The molecule has 0 aliphatic carbocycles. The fourth-order valence-corrected chi connectivity index (χ4v) is 2.63. The summed E-state index contributed by atoms with van der Waals surface area (Å²) in [6, 6.07) is 4.76. The number of nitro groups is 1. The SMILES string of the molecule is COc1cc(NCCN2CCCCCC2)cc([N+](=O)[O-])c1. The Kier molecular flexibility index (Phi) is 5.80. The minimum Gasteiger partial charge on any atom is -0.496 e. The number of methoxy groups -OCH3 is 1. The lowest BCUT2D eigenvalue weighted by Gasteiger charge is -2.20. The molecule has 1 aliphatic rings. The van der Waals surface area contributed by atoms with E-state index in [9.17, 15) is 10.1 Å². The Morgan fingerprint density at radius 2 is 1.95 bits per heavy atom. The highest BCUT2D eigenvalue weighted by Crippen LogP contribution is 2.25. The van der Waals surface area contributed by atoms with Crippen molar-refractivity contribution in [1.82, 2.24) is 4.90 Å². The molecule has 1 aromatic rings. The molecule has 1 aliphatic heterocycles. The molecule has 6 heteroatoms. The fraction of sp³-hybridized carbons (Fsp3) is 0.600. The summed E-state index contributed by atoms with van der Waals surface area (Å²) in [6.07, 6.45) is 5.19. The van der Waals surface area contributed by atoms with Crippen LogP contribution in [-0.2, 0) is 0 Å². The summed E-state index contributed by atoms with van der Waals surface area (Å²) in [6.45, 7) is 4.05. The summed E-state index contributed by atoms with van der Waals surface area (Å²) < 4.78 is 5.10. The molecule has 1 heterocycles. The maximum Gasteiger partial charge on any atom is 0.275 e. The van der Waals surface area contributed by atoms with Crippen LogP contribution in [0.5, 0.6) is 5.75 Å². The fourth-order valence-electron chi connectivity index (χ4n) is 2.63. The van der Waals surface area contributed by atoms with E-state index >= 15 is 0 Å². The number of benzene rings is 1. The second-order valence-corrected chi connectivity index (χ2v) is 5.36. The van der Waals surface area contributed by atoms with E-state index in [-0.39, 0.29) is 5.69 Å². The molecule has 1 N–H and O–H groups in total. The lowest BCUT2D eigenvalue weighted by atomic mass is 10.2. The number of hydrogen-bond donors (Lipinski definition) is 1. The topological polar surface area (TPSA) is 67.6 Å². The van der Waals surface area contributed by atoms with E-state index in [0.29, 0.717) is 5.75 Å². The number of likely N-dealkylation sites (tertiary alicyclic amines) is 1. The Hall–Kier alpha value is -1.82. The van der Waals surface area contributed by atoms with Gasteiger partial charge in [0.15, 0.2) is 0 Å². The van der Waals surface area contributed by atoms with Crippen molar-refractivity contribution in [3.05, 3.63) is 28.3 Å². The molecular formula is C15H23N3O3. The maximum absolute atomic E-state index is 10.9. The number of rotatable bonds is 6. The zero-order chi connectivity index (χ0) is 15.1. The van der Waals surface area contributed by atoms with Crippen molar-refractivity contribution < 1.29 is 9.66 Å². The van der Waals surface area contributed by atoms with Crippen molar-refractivity contribution in [1.29, 1.82) is 0 Å². The minimum absolute atomic E-state index is 0.0478. The maximum atomic E-state index is 10.9. The largest absolute Gasteiger partial charge is 0.496 e. The van der Waals surface area contributed by atoms with Gasteiger partial charge in [0, 0.05) is 30.9 Å². The van der Waals surface area contributed by atoms with Crippen molar-refractivity contribution in [2.24, 2.45) is 0 Å². The Morgan fingerprint density at radius 1 is 1.24 bits per heavy atom. The van der Waals surface area contributed by atoms with E-state index < -0.39 is 4.92 Å². The Labute approximate surface area is 125 Å². The van der Waals surface area contributed by atoms with Gasteiger partial charge in [-0.1, -0.05) is 12.8 Å². The van der Waals surface area contributed by atoms with Crippen LogP contribution in [0, 0.1) is 10.1 Å². The van der Waals surface area contributed by atoms with E-state index in [2.05, 4.69) is 10.2 Å². The van der Waals surface area contributed by atoms with Gasteiger partial charge in [-0.3, -0.25) is 10.1 Å². The predicted octanol–water partition coefficient (Wildman–Crippen LogP) is 2.89. The highest BCUT2D eigenvalue weighted by Gasteiger charge is 2.11. The molecule has 1 fully saturated rings. The molecular weight excluding hydrogens is 270 g/mol. The van der Waals surface area contributed by atoms with Crippen molar-refractivity contribution in [3.63, 3.8) is 0 Å². The second-order valence-electron chi connectivity index (χ2n) is 5.36. The smallest absolute Gasteiger partial charge is 0.275 e. The van der Waals surface area contributed by atoms with Crippen LogP contribution in [-0.4, -0.2) is 43.1 Å². The molecule has 2 rings (SSSR count). The minimum atomic E-state index is -0.400. The summed E-state index contributed by atoms with van der Waals surface area (Å²) >= 11 is 0. The van der Waals surface area contributed by atoms with Crippen LogP contribution in [0.15, 0.2) is 18.2 Å². The lowest BCUT2D eigenvalue weighted by molar-refractivity contribution is -0.384. The van der Waals surface area contributed by atoms with Crippen LogP contribution < -0.4 is 10.1 Å². The van der Waals surface area contributed by atoms with Gasteiger partial charge in [-0.05, 0) is 25.9 Å². The average molecular weight is 293 g/mol. The van der Waals surface area contributed by atoms with Gasteiger partial charge in [-0.2, -0.15) is 0 Å². The molecule has 0 unspecified atom stereocenters. The Bertz CT molecular complexity index is 471. The number of ether oxygens (including phenoxy) is 1. The van der Waals surface area contributed by atoms with Crippen LogP contribution in [0.4, 0.5) is 11.4 Å². The molecule has 0 saturated carbocycles. The predicted molar refractivity (Wildman–Crippen MR) is 83.0 cm³/mol. The molecule has 0 aromatic heterocycles. The highest BCUT2D eigenvalue weighted by atomic mass is 16.6. The van der Waals surface area contributed by atoms with E-state index in [1.165, 1.54) is 38.9 Å². The molecule has 1 aromatic carbocycles. The number of non-ortho nitro benzene ring substituents is 1. The molecule has 0 atom stereocenters. The summed E-state index contributed by atoms with van der Waals surface area (Å²) in [5, 5.41) is 14.2. The third kappa shape index (κ3) is 4.90. The molecule has 1 saturated heterocycles. The summed E-state index contributed by atoms with van der Waals surface area (Å²) in [5.74, 6) is 0.501. The second kappa shape index (κ2) is 7.83. The molecule has 21 heavy (non-hydrogen) atoms. The van der Waals surface area contributed by atoms with Gasteiger partial charge in [-0.25, -0.2) is 0 Å². The zero-order valence-electron chi connectivity index (χ0n) is 12.5. The molecule has 0 amide bonds. The van der Waals surface area contributed by atoms with E-state index in [1.807, 2.05) is 0 Å². The van der Waals surface area contributed by atoms with Crippen LogP contribution in [0.2, 0.25) is 0 Å². The molecule has 0 spiro atoms. The van der Waals surface area contributed by atoms with Gasteiger partial charge >= 0.3 is 0 Å². The van der Waals surface area contributed by atoms with Gasteiger partial charge in [0.25, 0.3) is 5.69 Å². The zero-order valence-corrected chi connectivity index (χ0v) is 12.5. The van der Waals surface area contributed by atoms with Crippen LogP contribution in [0.25, 0.3) is 0 Å². The van der Waals surface area contributed by atoms with Gasteiger partial charge in [0.2, 0.25) is 0 Å². The quantitative estimate of drug-likeness (QED) is 0.645. The lowest BCUT2D eigenvalue weighted by Crippen LogP contribution is -2.29. The third-order valence-electron chi connectivity index (χ3n) is 3.79. The van der Waals surface area contributed by atoms with Crippen molar-refractivity contribution in [2.75, 3.05) is 38.6 Å². The van der Waals surface area contributed by atoms with Gasteiger partial charge in [0.05, 0.1) is 18.1 Å². The molecule has 0 bridgehead atoms. The summed E-state index contributed by atoms with van der Waals surface area (Å²) in [5.41, 5.74) is 0.780. The third-order valence-corrected chi connectivity index (χ3v) is 3.79. The number of anilines is 1. The van der Waals surface area contributed by atoms with E-state index in [1.54, 1.807) is 12.1 Å². The number of nitrogens with one attached hydrogen (secondary N) is 1. The average Bonchev–Trinajstić information content (AvgIpc) is 2.75. The highest BCUT2D eigenvalue weighted by molar-refractivity contribution is 5.56. The summed E-state index contributed by atoms with van der Waals surface area (Å²) in [4.78, 5) is 12.9. The van der Waals surface area contributed by atoms with Crippen LogP contribution in [0.3, 0.4) is 0 Å². The molecule has 6 nitrogen and oxygen atoms in total. The van der Waals surface area contributed by atoms with Gasteiger partial charge in [-0.15, -0.1) is 0 Å². The first-order valence-corrected chi connectivity index (χ1v) is 7.49. The van der Waals surface area contributed by atoms with E-state index in [0.717, 1.165) is 31.9 Å². The number of hydrogen-bond acceptors (Lipinski definition) is 5. The van der Waals surface area contributed by atoms with Crippen molar-refractivity contribution >= 4 is 11.4 Å². The number of nitrogens with zero attached hydrogens (tertiary/aromatic N) is 2. The first-order chi connectivity index (χ1) is 10.2. The molecule has 0 radical (unpaired) electrons. The standard InChI is InChI=1S/C15H23N3O3/c1-21-15-11-13(10-14(12-15)18(19)20)16-6-9-17-7-4-2-3-5-8-17/h10-12,16H,2-9H2,1H3. The first-order valence-electron chi connectivity index (χ1n) is 7.49. The normalized spacial score (nSPS) is 16.2. The van der Waals surface area contributed by atoms with Crippen LogP contribution in [0.1, 0.15) is 25.7 Å². The van der Waals surface area contributed by atoms with Gasteiger partial charge in [0.1, 0.15) is 5.75 Å². The van der Waals surface area contributed by atoms with Crippen LogP contribution >= 0.6 is 0 Å².